The minimum Gasteiger partial charge on any atom is -0.384 e. The van der Waals surface area contributed by atoms with Crippen molar-refractivity contribution in [1.29, 1.82) is 0 Å². The molecule has 0 aliphatic carbocycles. The second kappa shape index (κ2) is 10.5. The summed E-state index contributed by atoms with van der Waals surface area (Å²) in [5.41, 5.74) is 12.6. The van der Waals surface area contributed by atoms with Gasteiger partial charge in [-0.3, -0.25) is 15.1 Å². The lowest BCUT2D eigenvalue weighted by Crippen LogP contribution is -2.56. The lowest BCUT2D eigenvalue weighted by Gasteiger charge is -2.37. The summed E-state index contributed by atoms with van der Waals surface area (Å²) in [7, 11) is 4.01. The van der Waals surface area contributed by atoms with E-state index in [9.17, 15) is 4.39 Å². The Balaban J connectivity index is 1.24. The third kappa shape index (κ3) is 4.91. The summed E-state index contributed by atoms with van der Waals surface area (Å²) >= 11 is 0. The molecule has 0 amide bonds. The van der Waals surface area contributed by atoms with Gasteiger partial charge in [0.1, 0.15) is 17.3 Å². The van der Waals surface area contributed by atoms with Crippen molar-refractivity contribution in [2.75, 3.05) is 50.5 Å². The van der Waals surface area contributed by atoms with Crippen molar-refractivity contribution >= 4 is 33.4 Å². The number of aromatic amines is 2. The minimum atomic E-state index is -0.324. The van der Waals surface area contributed by atoms with E-state index in [1.807, 2.05) is 38.4 Å². The number of nitrogens with zero attached hydrogens (tertiary/aromatic N) is 7. The number of anilines is 2. The predicted molar refractivity (Wildman–Crippen MR) is 163 cm³/mol. The third-order valence-electron chi connectivity index (χ3n) is 7.43. The normalized spacial score (nSPS) is 13.8. The molecule has 5 aromatic heterocycles. The Kier molecular flexibility index (Phi) is 6.48. The van der Waals surface area contributed by atoms with Gasteiger partial charge in [-0.25, -0.2) is 14.4 Å². The van der Waals surface area contributed by atoms with Crippen LogP contribution in [-0.2, 0) is 0 Å². The largest absolute Gasteiger partial charge is 0.384 e. The van der Waals surface area contributed by atoms with Crippen LogP contribution in [0.25, 0.3) is 55.8 Å². The Labute approximate surface area is 241 Å². The number of pyridine rings is 2. The molecule has 7 rings (SSSR count). The molecule has 0 spiro atoms. The summed E-state index contributed by atoms with van der Waals surface area (Å²) in [4.78, 5) is 26.1. The van der Waals surface area contributed by atoms with Crippen LogP contribution in [-0.4, -0.2) is 86.3 Å². The Morgan fingerprint density at radius 3 is 2.74 bits per heavy atom. The monoisotopic (exact) mass is 563 g/mol. The van der Waals surface area contributed by atoms with E-state index in [2.05, 4.69) is 45.2 Å². The molecule has 1 saturated heterocycles. The number of halogens is 1. The molecule has 11 nitrogen and oxygen atoms in total. The number of nitrogens with one attached hydrogen (secondary N) is 3. The number of benzene rings is 1. The highest BCUT2D eigenvalue weighted by molar-refractivity contribution is 6.00. The average Bonchev–Trinajstić information content (AvgIpc) is 3.59. The smallest absolute Gasteiger partial charge is 0.155 e. The molecule has 12 heteroatoms. The molecule has 212 valence electrons. The third-order valence-corrected chi connectivity index (χ3v) is 7.43. The first-order chi connectivity index (χ1) is 20.4. The van der Waals surface area contributed by atoms with E-state index in [4.69, 9.17) is 10.7 Å². The van der Waals surface area contributed by atoms with Crippen LogP contribution < -0.4 is 16.0 Å². The van der Waals surface area contributed by atoms with Crippen LogP contribution in [0.4, 0.5) is 15.9 Å². The molecular formula is C30H30FN11. The van der Waals surface area contributed by atoms with Gasteiger partial charge in [0.2, 0.25) is 0 Å². The van der Waals surface area contributed by atoms with Gasteiger partial charge in [0, 0.05) is 77.7 Å². The molecule has 6 aromatic rings. The maximum atomic E-state index is 14.7. The zero-order valence-electron chi connectivity index (χ0n) is 23.3. The van der Waals surface area contributed by atoms with Crippen LogP contribution >= 0.6 is 0 Å². The summed E-state index contributed by atoms with van der Waals surface area (Å²) in [5, 5.41) is 12.6. The zero-order chi connectivity index (χ0) is 28.8. The number of rotatable bonds is 8. The van der Waals surface area contributed by atoms with Gasteiger partial charge >= 0.3 is 0 Å². The van der Waals surface area contributed by atoms with E-state index in [1.165, 1.54) is 12.1 Å². The Bertz CT molecular complexity index is 1900. The van der Waals surface area contributed by atoms with E-state index >= 15 is 0 Å². The molecule has 0 radical (unpaired) electrons. The van der Waals surface area contributed by atoms with Crippen LogP contribution in [0.1, 0.15) is 0 Å². The summed E-state index contributed by atoms with van der Waals surface area (Å²) in [5.74, 6) is 0.473. The number of hydrogen-bond acceptors (Lipinski definition) is 9. The van der Waals surface area contributed by atoms with E-state index < -0.39 is 0 Å². The zero-order valence-corrected chi connectivity index (χ0v) is 23.3. The van der Waals surface area contributed by atoms with Crippen molar-refractivity contribution in [2.24, 2.45) is 5.73 Å². The fraction of sp³-hybridized carbons (Fsp3) is 0.233. The van der Waals surface area contributed by atoms with Gasteiger partial charge in [-0.1, -0.05) is 0 Å². The van der Waals surface area contributed by atoms with Gasteiger partial charge in [-0.2, -0.15) is 5.10 Å². The summed E-state index contributed by atoms with van der Waals surface area (Å²) in [6, 6.07) is 11.0. The number of fused-ring (bicyclic) bond motifs is 2. The van der Waals surface area contributed by atoms with Crippen molar-refractivity contribution in [3.05, 3.63) is 67.0 Å². The first kappa shape index (κ1) is 26.0. The molecule has 6 heterocycles. The highest BCUT2D eigenvalue weighted by Crippen LogP contribution is 2.35. The molecule has 0 unspecified atom stereocenters. The topological polar surface area (TPSA) is 141 Å². The highest BCUT2D eigenvalue weighted by atomic mass is 19.1. The highest BCUT2D eigenvalue weighted by Gasteiger charge is 2.25. The second-order valence-electron chi connectivity index (χ2n) is 10.9. The summed E-state index contributed by atoms with van der Waals surface area (Å²) in [6.07, 6.45) is 6.97. The molecule has 0 bridgehead atoms. The van der Waals surface area contributed by atoms with Gasteiger partial charge in [0.15, 0.2) is 5.65 Å². The second-order valence-corrected chi connectivity index (χ2v) is 10.9. The van der Waals surface area contributed by atoms with Crippen molar-refractivity contribution < 1.29 is 4.39 Å². The molecule has 42 heavy (non-hydrogen) atoms. The van der Waals surface area contributed by atoms with Gasteiger partial charge in [0.25, 0.3) is 0 Å². The quantitative estimate of drug-likeness (QED) is 0.217. The van der Waals surface area contributed by atoms with E-state index in [0.29, 0.717) is 34.8 Å². The van der Waals surface area contributed by atoms with Crippen LogP contribution in [0.15, 0.2) is 61.2 Å². The summed E-state index contributed by atoms with van der Waals surface area (Å²) < 4.78 is 14.7. The van der Waals surface area contributed by atoms with Gasteiger partial charge in [0.05, 0.1) is 29.5 Å². The number of H-pyrrole nitrogens is 2. The van der Waals surface area contributed by atoms with E-state index in [-0.39, 0.29) is 11.9 Å². The molecule has 1 aliphatic heterocycles. The average molecular weight is 564 g/mol. The number of hydrogen-bond donors (Lipinski definition) is 4. The molecule has 1 aromatic carbocycles. The van der Waals surface area contributed by atoms with Crippen LogP contribution in [0, 0.1) is 5.82 Å². The van der Waals surface area contributed by atoms with Crippen molar-refractivity contribution in [3.63, 3.8) is 0 Å². The maximum Gasteiger partial charge on any atom is 0.155 e. The van der Waals surface area contributed by atoms with E-state index in [1.54, 1.807) is 24.8 Å². The fourth-order valence-electron chi connectivity index (χ4n) is 5.26. The van der Waals surface area contributed by atoms with E-state index in [0.717, 1.165) is 58.7 Å². The Morgan fingerprint density at radius 2 is 1.90 bits per heavy atom. The Hall–Kier alpha value is -4.94. The van der Waals surface area contributed by atoms with Gasteiger partial charge in [-0.05, 0) is 50.5 Å². The standard InChI is InChI=1S/C30H30FN11/c1-41(2)6-5-34-21-8-17(7-19(31)10-21)28-22-11-25(37-24(22)3-4-35-28)29-23-9-18(12-36-30(23)40-39-29)26-13-33-14-27(38-26)42-15-20(32)16-42/h3-4,7-14,20,34,37H,5-6,15-16,32H2,1-2H3,(H,36,39,40). The van der Waals surface area contributed by atoms with Crippen LogP contribution in [0.5, 0.6) is 0 Å². The number of aromatic nitrogens is 7. The molecule has 0 atom stereocenters. The molecule has 1 aliphatic rings. The first-order valence-electron chi connectivity index (χ1n) is 13.8. The van der Waals surface area contributed by atoms with Crippen molar-refractivity contribution in [3.8, 4) is 33.9 Å². The van der Waals surface area contributed by atoms with Gasteiger partial charge in [-0.15, -0.1) is 0 Å². The number of nitrogens with two attached hydrogens (primary N) is 1. The lowest BCUT2D eigenvalue weighted by atomic mass is 10.1. The van der Waals surface area contributed by atoms with Crippen molar-refractivity contribution in [1.82, 2.24) is 40.0 Å². The van der Waals surface area contributed by atoms with Crippen molar-refractivity contribution in [2.45, 2.75) is 6.04 Å². The van der Waals surface area contributed by atoms with Gasteiger partial charge < -0.3 is 25.8 Å². The molecule has 5 N–H and O–H groups in total. The predicted octanol–water partition coefficient (Wildman–Crippen LogP) is 3.89. The molecular weight excluding hydrogens is 533 g/mol. The molecule has 1 fully saturated rings. The van der Waals surface area contributed by atoms with Crippen LogP contribution in [0.3, 0.4) is 0 Å². The summed E-state index contributed by atoms with van der Waals surface area (Å²) in [6.45, 7) is 3.07. The first-order valence-corrected chi connectivity index (χ1v) is 13.8. The fourth-order valence-corrected chi connectivity index (χ4v) is 5.26. The SMILES string of the molecule is CN(C)CCNc1cc(F)cc(-c2nccc3[nH]c(-c4n[nH]c5ncc(-c6cncc(N7CC(N)C7)n6)cc45)cc23)c1. The van der Waals surface area contributed by atoms with Crippen LogP contribution in [0.2, 0.25) is 0 Å². The minimum absolute atomic E-state index is 0.168. The number of likely N-dealkylation sites (N-methyl/N-ethyl adjacent to an activating group) is 1. The molecule has 0 saturated carbocycles. The Morgan fingerprint density at radius 1 is 1.02 bits per heavy atom. The maximum absolute atomic E-state index is 14.7. The lowest BCUT2D eigenvalue weighted by molar-refractivity contribution is 0.425.